The molecule has 0 fully saturated rings. The lowest BCUT2D eigenvalue weighted by molar-refractivity contribution is -0.140. The Kier molecular flexibility index (Phi) is 7.61. The molecule has 0 unspecified atom stereocenters. The molecule has 1 heterocycles. The molecule has 2 aromatic carbocycles. The summed E-state index contributed by atoms with van der Waals surface area (Å²) in [4.78, 5) is 24.1. The lowest BCUT2D eigenvalue weighted by Crippen LogP contribution is -2.15. The van der Waals surface area contributed by atoms with Crippen LogP contribution in [0.25, 0.3) is 6.08 Å². The molecule has 0 aliphatic carbocycles. The van der Waals surface area contributed by atoms with E-state index in [1.54, 1.807) is 18.2 Å². The maximum Gasteiger partial charge on any atom is 0.342 e. The van der Waals surface area contributed by atoms with Gasteiger partial charge < -0.3 is 13.7 Å². The zero-order valence-corrected chi connectivity index (χ0v) is 20.6. The fourth-order valence-electron chi connectivity index (χ4n) is 3.81. The molecule has 1 aliphatic rings. The summed E-state index contributed by atoms with van der Waals surface area (Å²) in [6.45, 7) is 9.49. The van der Waals surface area contributed by atoms with E-state index in [4.69, 9.17) is 8.92 Å². The van der Waals surface area contributed by atoms with Crippen molar-refractivity contribution in [3.8, 4) is 5.75 Å². The number of ether oxygens (including phenoxy) is 2. The number of allylic oxidation sites excluding steroid dienone is 2. The van der Waals surface area contributed by atoms with Crippen molar-refractivity contribution >= 4 is 28.1 Å². The minimum absolute atomic E-state index is 0.0188. The van der Waals surface area contributed by atoms with E-state index in [1.807, 2.05) is 26.8 Å². The van der Waals surface area contributed by atoms with Gasteiger partial charge in [0.15, 0.2) is 5.75 Å². The smallest absolute Gasteiger partial charge is 0.342 e. The number of carbonyl (C=O) groups is 2. The van der Waals surface area contributed by atoms with Gasteiger partial charge in [-0.15, -0.1) is 0 Å². The van der Waals surface area contributed by atoms with Gasteiger partial charge in [0.2, 0.25) is 0 Å². The Balaban J connectivity index is 2.11. The molecule has 0 amide bonds. The monoisotopic (exact) mass is 484 g/mol. The molecule has 34 heavy (non-hydrogen) atoms. The van der Waals surface area contributed by atoms with Gasteiger partial charge in [0.25, 0.3) is 0 Å². The van der Waals surface area contributed by atoms with Gasteiger partial charge in [-0.1, -0.05) is 42.0 Å². The van der Waals surface area contributed by atoms with Gasteiger partial charge in [0.05, 0.1) is 7.11 Å². The third-order valence-corrected chi connectivity index (χ3v) is 7.08. The Morgan fingerprint density at radius 2 is 1.85 bits per heavy atom. The molecular formula is C26H28O7S. The molecule has 2 aromatic rings. The molecule has 0 saturated carbocycles. The number of methoxy groups -OCH3 is 1. The molecule has 0 saturated heterocycles. The Hall–Kier alpha value is -3.39. The molecule has 7 nitrogen and oxygen atoms in total. The second kappa shape index (κ2) is 10.3. The molecule has 0 atom stereocenters. The molecule has 0 radical (unpaired) electrons. The highest BCUT2D eigenvalue weighted by atomic mass is 32.2. The predicted molar refractivity (Wildman–Crippen MR) is 128 cm³/mol. The zero-order valence-electron chi connectivity index (χ0n) is 19.8. The van der Waals surface area contributed by atoms with Crippen molar-refractivity contribution in [2.75, 3.05) is 7.11 Å². The van der Waals surface area contributed by atoms with Crippen LogP contribution in [0, 0.1) is 13.8 Å². The van der Waals surface area contributed by atoms with Crippen molar-refractivity contribution in [3.63, 3.8) is 0 Å². The molecule has 0 spiro atoms. The minimum Gasteiger partial charge on any atom is -0.469 e. The van der Waals surface area contributed by atoms with Crippen molar-refractivity contribution in [2.45, 2.75) is 51.5 Å². The second-order valence-electron chi connectivity index (χ2n) is 8.16. The lowest BCUT2D eigenvalue weighted by atomic mass is 9.90. The molecule has 3 rings (SSSR count). The van der Waals surface area contributed by atoms with Crippen LogP contribution in [0.15, 0.2) is 47.4 Å². The first-order chi connectivity index (χ1) is 16.1. The van der Waals surface area contributed by atoms with Gasteiger partial charge in [0, 0.05) is 17.5 Å². The SMILES string of the molecule is C=Cc1c(C)c2c(c(OS(=O)(=O)c3ccc(C)cc3)c1C/C=C(\C)CCC(=O)OC)C(=O)OC2. The normalized spacial score (nSPS) is 13.3. The summed E-state index contributed by atoms with van der Waals surface area (Å²) in [5, 5.41) is 0. The maximum atomic E-state index is 13.1. The van der Waals surface area contributed by atoms with E-state index < -0.39 is 16.1 Å². The zero-order chi connectivity index (χ0) is 25.0. The van der Waals surface area contributed by atoms with Crippen LogP contribution in [0.2, 0.25) is 0 Å². The summed E-state index contributed by atoms with van der Waals surface area (Å²) in [5.74, 6) is -0.991. The summed E-state index contributed by atoms with van der Waals surface area (Å²) in [7, 11) is -2.89. The van der Waals surface area contributed by atoms with E-state index in [9.17, 15) is 18.0 Å². The van der Waals surface area contributed by atoms with Crippen molar-refractivity contribution in [2.24, 2.45) is 0 Å². The largest absolute Gasteiger partial charge is 0.469 e. The number of hydrogen-bond acceptors (Lipinski definition) is 7. The van der Waals surface area contributed by atoms with E-state index in [0.717, 1.165) is 16.7 Å². The first-order valence-corrected chi connectivity index (χ1v) is 12.2. The molecule has 0 aromatic heterocycles. The standard InChI is InChI=1S/C26H28O7S/c1-6-20-18(4)22-15-32-26(28)24(22)25(21(20)13-9-17(3)10-14-23(27)31-5)33-34(29,30)19-11-7-16(2)8-12-19/h6-9,11-12H,1,10,13-15H2,2-5H3/b17-9+. The number of hydrogen-bond donors (Lipinski definition) is 0. The number of benzene rings is 2. The van der Waals surface area contributed by atoms with E-state index in [-0.39, 0.29) is 41.6 Å². The maximum absolute atomic E-state index is 13.1. The average molecular weight is 485 g/mol. The topological polar surface area (TPSA) is 96.0 Å². The average Bonchev–Trinajstić information content (AvgIpc) is 3.20. The Morgan fingerprint density at radius 1 is 1.18 bits per heavy atom. The van der Waals surface area contributed by atoms with Crippen LogP contribution in [0.4, 0.5) is 0 Å². The molecule has 0 N–H and O–H groups in total. The van der Waals surface area contributed by atoms with Crippen LogP contribution in [-0.2, 0) is 37.4 Å². The quantitative estimate of drug-likeness (QED) is 0.286. The van der Waals surface area contributed by atoms with E-state index in [1.165, 1.54) is 19.2 Å². The fourth-order valence-corrected chi connectivity index (χ4v) is 4.78. The van der Waals surface area contributed by atoms with Crippen LogP contribution >= 0.6 is 0 Å². The number of esters is 2. The molecular weight excluding hydrogens is 456 g/mol. The van der Waals surface area contributed by atoms with Gasteiger partial charge >= 0.3 is 22.1 Å². The Bertz CT molecular complexity index is 1270. The number of rotatable bonds is 9. The van der Waals surface area contributed by atoms with Crippen LogP contribution < -0.4 is 4.18 Å². The Morgan fingerprint density at radius 3 is 2.47 bits per heavy atom. The number of fused-ring (bicyclic) bond motifs is 1. The Labute approximate surface area is 200 Å². The minimum atomic E-state index is -4.22. The van der Waals surface area contributed by atoms with E-state index in [0.29, 0.717) is 23.1 Å². The lowest BCUT2D eigenvalue weighted by Gasteiger charge is -2.18. The van der Waals surface area contributed by atoms with Crippen molar-refractivity contribution in [3.05, 3.63) is 75.9 Å². The second-order valence-corrected chi connectivity index (χ2v) is 9.71. The third-order valence-electron chi connectivity index (χ3n) is 5.85. The van der Waals surface area contributed by atoms with Gasteiger partial charge in [0.1, 0.15) is 17.1 Å². The highest BCUT2D eigenvalue weighted by molar-refractivity contribution is 7.87. The summed E-state index contributed by atoms with van der Waals surface area (Å²) in [5.41, 5.74) is 4.50. The molecule has 8 heteroatoms. The fraction of sp³-hybridized carbons (Fsp3) is 0.308. The summed E-state index contributed by atoms with van der Waals surface area (Å²) >= 11 is 0. The number of cyclic esters (lactones) is 1. The van der Waals surface area contributed by atoms with Gasteiger partial charge in [-0.05, 0) is 56.9 Å². The van der Waals surface area contributed by atoms with Gasteiger partial charge in [-0.25, -0.2) is 4.79 Å². The van der Waals surface area contributed by atoms with Crippen LogP contribution in [0.3, 0.4) is 0 Å². The summed E-state index contributed by atoms with van der Waals surface area (Å²) in [6.07, 6.45) is 4.49. The number of carbonyl (C=O) groups excluding carboxylic acids is 2. The predicted octanol–water partition coefficient (Wildman–Crippen LogP) is 4.83. The summed E-state index contributed by atoms with van der Waals surface area (Å²) in [6, 6.07) is 6.27. The molecule has 1 aliphatic heterocycles. The number of aryl methyl sites for hydroxylation is 1. The van der Waals surface area contributed by atoms with E-state index >= 15 is 0 Å². The van der Waals surface area contributed by atoms with Crippen LogP contribution in [-0.4, -0.2) is 27.5 Å². The highest BCUT2D eigenvalue weighted by Crippen LogP contribution is 2.40. The molecule has 0 bridgehead atoms. The van der Waals surface area contributed by atoms with Crippen molar-refractivity contribution in [1.82, 2.24) is 0 Å². The third kappa shape index (κ3) is 5.22. The molecule has 180 valence electrons. The first kappa shape index (κ1) is 25.2. The first-order valence-electron chi connectivity index (χ1n) is 10.8. The van der Waals surface area contributed by atoms with Crippen molar-refractivity contribution < 1.29 is 31.7 Å². The van der Waals surface area contributed by atoms with Gasteiger partial charge in [-0.3, -0.25) is 4.79 Å². The summed E-state index contributed by atoms with van der Waals surface area (Å²) < 4.78 is 41.8. The van der Waals surface area contributed by atoms with Crippen LogP contribution in [0.1, 0.15) is 57.9 Å². The van der Waals surface area contributed by atoms with Crippen LogP contribution in [0.5, 0.6) is 5.75 Å². The van der Waals surface area contributed by atoms with Gasteiger partial charge in [-0.2, -0.15) is 8.42 Å². The highest BCUT2D eigenvalue weighted by Gasteiger charge is 2.34. The van der Waals surface area contributed by atoms with Crippen molar-refractivity contribution in [1.29, 1.82) is 0 Å². The van der Waals surface area contributed by atoms with E-state index in [2.05, 4.69) is 11.3 Å².